The molecule has 1 fully saturated rings. The third-order valence-electron chi connectivity index (χ3n) is 4.68. The van der Waals surface area contributed by atoms with Gasteiger partial charge in [0.15, 0.2) is 5.78 Å². The Kier molecular flexibility index (Phi) is 5.01. The first kappa shape index (κ1) is 16.7. The molecule has 1 aromatic carbocycles. The minimum Gasteiger partial charge on any atom is -0.468 e. The average molecular weight is 303 g/mol. The first-order chi connectivity index (χ1) is 10.4. The standard InChI is InChI=1S/C18H25NO3/c1-11-9-12(2)17(14(4)20)13(3)15(11)10-19-8-6-7-16(19)18(21)22-5/h9,16H,6-8,10H2,1-5H3. The summed E-state index contributed by atoms with van der Waals surface area (Å²) in [6, 6.07) is 1.91. The van der Waals surface area contributed by atoms with E-state index in [-0.39, 0.29) is 17.8 Å². The van der Waals surface area contributed by atoms with Gasteiger partial charge >= 0.3 is 5.97 Å². The van der Waals surface area contributed by atoms with Gasteiger partial charge in [0.2, 0.25) is 0 Å². The van der Waals surface area contributed by atoms with Gasteiger partial charge in [-0.15, -0.1) is 0 Å². The molecule has 0 radical (unpaired) electrons. The van der Waals surface area contributed by atoms with Crippen LogP contribution in [0.5, 0.6) is 0 Å². The van der Waals surface area contributed by atoms with Crippen molar-refractivity contribution in [2.75, 3.05) is 13.7 Å². The molecule has 0 aromatic heterocycles. The number of aryl methyl sites for hydroxylation is 2. The first-order valence-corrected chi connectivity index (χ1v) is 7.79. The Morgan fingerprint density at radius 2 is 1.95 bits per heavy atom. The number of carbonyl (C=O) groups is 2. The summed E-state index contributed by atoms with van der Waals surface area (Å²) >= 11 is 0. The molecule has 4 nitrogen and oxygen atoms in total. The number of likely N-dealkylation sites (tertiary alicyclic amines) is 1. The fourth-order valence-corrected chi connectivity index (χ4v) is 3.63. The Hall–Kier alpha value is -1.68. The van der Waals surface area contributed by atoms with E-state index in [9.17, 15) is 9.59 Å². The van der Waals surface area contributed by atoms with Crippen LogP contribution in [0, 0.1) is 20.8 Å². The monoisotopic (exact) mass is 303 g/mol. The number of hydrogen-bond donors (Lipinski definition) is 0. The van der Waals surface area contributed by atoms with Crippen molar-refractivity contribution in [3.8, 4) is 0 Å². The molecular weight excluding hydrogens is 278 g/mol. The van der Waals surface area contributed by atoms with E-state index in [1.165, 1.54) is 12.7 Å². The highest BCUT2D eigenvalue weighted by molar-refractivity contribution is 5.97. The van der Waals surface area contributed by atoms with E-state index in [1.54, 1.807) is 6.92 Å². The summed E-state index contributed by atoms with van der Waals surface area (Å²) in [5.41, 5.74) is 5.22. The van der Waals surface area contributed by atoms with Crippen LogP contribution in [-0.4, -0.2) is 36.3 Å². The molecule has 0 spiro atoms. The van der Waals surface area contributed by atoms with E-state index in [0.717, 1.165) is 41.6 Å². The predicted octanol–water partition coefficient (Wildman–Crippen LogP) is 2.95. The van der Waals surface area contributed by atoms with Crippen molar-refractivity contribution in [2.45, 2.75) is 53.1 Å². The number of Topliss-reactive ketones (excluding diaryl/α,β-unsaturated/α-hetero) is 1. The summed E-state index contributed by atoms with van der Waals surface area (Å²) < 4.78 is 4.91. The van der Waals surface area contributed by atoms with Crippen molar-refractivity contribution in [1.82, 2.24) is 4.90 Å². The fraction of sp³-hybridized carbons (Fsp3) is 0.556. The molecule has 1 heterocycles. The number of rotatable bonds is 4. The van der Waals surface area contributed by atoms with Gasteiger partial charge in [-0.2, -0.15) is 0 Å². The number of methoxy groups -OCH3 is 1. The van der Waals surface area contributed by atoms with Gasteiger partial charge in [0.05, 0.1) is 7.11 Å². The molecular formula is C18H25NO3. The SMILES string of the molecule is COC(=O)C1CCCN1Cc1c(C)cc(C)c(C(C)=O)c1C. The van der Waals surface area contributed by atoms with E-state index < -0.39 is 0 Å². The molecule has 0 aliphatic carbocycles. The third kappa shape index (κ3) is 3.07. The molecule has 1 aromatic rings. The lowest BCUT2D eigenvalue weighted by molar-refractivity contribution is -0.146. The number of ketones is 1. The van der Waals surface area contributed by atoms with Crippen molar-refractivity contribution in [3.05, 3.63) is 33.9 Å². The summed E-state index contributed by atoms with van der Waals surface area (Å²) in [6.45, 7) is 9.26. The fourth-order valence-electron chi connectivity index (χ4n) is 3.63. The van der Waals surface area contributed by atoms with Crippen molar-refractivity contribution in [1.29, 1.82) is 0 Å². The topological polar surface area (TPSA) is 46.6 Å². The van der Waals surface area contributed by atoms with Crippen molar-refractivity contribution in [3.63, 3.8) is 0 Å². The smallest absolute Gasteiger partial charge is 0.323 e. The molecule has 0 bridgehead atoms. The summed E-state index contributed by atoms with van der Waals surface area (Å²) in [5.74, 6) is -0.0612. The highest BCUT2D eigenvalue weighted by atomic mass is 16.5. The Morgan fingerprint density at radius 1 is 1.27 bits per heavy atom. The maximum absolute atomic E-state index is 11.9. The maximum Gasteiger partial charge on any atom is 0.323 e. The van der Waals surface area contributed by atoms with E-state index in [2.05, 4.69) is 17.9 Å². The highest BCUT2D eigenvalue weighted by Crippen LogP contribution is 2.27. The lowest BCUT2D eigenvalue weighted by Gasteiger charge is -2.25. The van der Waals surface area contributed by atoms with E-state index in [4.69, 9.17) is 4.74 Å². The Labute approximate surface area is 132 Å². The van der Waals surface area contributed by atoms with Crippen LogP contribution in [-0.2, 0) is 16.1 Å². The molecule has 0 saturated carbocycles. The molecule has 120 valence electrons. The Balaban J connectivity index is 2.35. The summed E-state index contributed by atoms with van der Waals surface area (Å²) in [7, 11) is 1.44. The first-order valence-electron chi connectivity index (χ1n) is 7.79. The maximum atomic E-state index is 11.9. The zero-order valence-corrected chi connectivity index (χ0v) is 14.2. The number of carbonyl (C=O) groups excluding carboxylic acids is 2. The Bertz CT molecular complexity index is 607. The van der Waals surface area contributed by atoms with Gasteiger partial charge in [-0.3, -0.25) is 14.5 Å². The molecule has 1 unspecified atom stereocenters. The van der Waals surface area contributed by atoms with Gasteiger partial charge < -0.3 is 4.74 Å². The summed E-state index contributed by atoms with van der Waals surface area (Å²) in [5, 5.41) is 0. The van der Waals surface area contributed by atoms with E-state index >= 15 is 0 Å². The lowest BCUT2D eigenvalue weighted by atomic mass is 9.91. The van der Waals surface area contributed by atoms with Crippen LogP contribution in [0.3, 0.4) is 0 Å². The summed E-state index contributed by atoms with van der Waals surface area (Å²) in [4.78, 5) is 26.0. The van der Waals surface area contributed by atoms with Crippen LogP contribution >= 0.6 is 0 Å². The van der Waals surface area contributed by atoms with Crippen LogP contribution < -0.4 is 0 Å². The second kappa shape index (κ2) is 6.61. The highest BCUT2D eigenvalue weighted by Gasteiger charge is 2.32. The number of esters is 1. The van der Waals surface area contributed by atoms with Gasteiger partial charge in [-0.1, -0.05) is 6.07 Å². The second-order valence-corrected chi connectivity index (χ2v) is 6.20. The second-order valence-electron chi connectivity index (χ2n) is 6.20. The molecule has 1 aliphatic rings. The van der Waals surface area contributed by atoms with Crippen molar-refractivity contribution < 1.29 is 14.3 Å². The van der Waals surface area contributed by atoms with Crippen LogP contribution in [0.15, 0.2) is 6.07 Å². The van der Waals surface area contributed by atoms with Crippen LogP contribution in [0.2, 0.25) is 0 Å². The van der Waals surface area contributed by atoms with Crippen LogP contribution in [0.25, 0.3) is 0 Å². The molecule has 1 aliphatic heterocycles. The van der Waals surface area contributed by atoms with E-state index in [0.29, 0.717) is 6.54 Å². The molecule has 1 saturated heterocycles. The van der Waals surface area contributed by atoms with Gasteiger partial charge in [0.1, 0.15) is 6.04 Å². The largest absolute Gasteiger partial charge is 0.468 e. The molecule has 1 atom stereocenters. The predicted molar refractivity (Wildman–Crippen MR) is 86.1 cm³/mol. The lowest BCUT2D eigenvalue weighted by Crippen LogP contribution is -2.36. The minimum atomic E-state index is -0.161. The van der Waals surface area contributed by atoms with E-state index in [1.807, 2.05) is 13.8 Å². The third-order valence-corrected chi connectivity index (χ3v) is 4.68. The quantitative estimate of drug-likeness (QED) is 0.634. The zero-order valence-electron chi connectivity index (χ0n) is 14.2. The van der Waals surface area contributed by atoms with Gasteiger partial charge in [0.25, 0.3) is 0 Å². The average Bonchev–Trinajstić information content (AvgIpc) is 2.90. The zero-order chi connectivity index (χ0) is 16.4. The number of hydrogen-bond acceptors (Lipinski definition) is 4. The number of ether oxygens (including phenoxy) is 1. The summed E-state index contributed by atoms with van der Waals surface area (Å²) in [6.07, 6.45) is 1.85. The molecule has 4 heteroatoms. The molecule has 0 N–H and O–H groups in total. The van der Waals surface area contributed by atoms with Gasteiger partial charge in [-0.25, -0.2) is 0 Å². The normalized spacial score (nSPS) is 18.5. The Morgan fingerprint density at radius 3 is 2.55 bits per heavy atom. The van der Waals surface area contributed by atoms with Crippen LogP contribution in [0.4, 0.5) is 0 Å². The van der Waals surface area contributed by atoms with Crippen molar-refractivity contribution >= 4 is 11.8 Å². The number of benzene rings is 1. The minimum absolute atomic E-state index is 0.0992. The van der Waals surface area contributed by atoms with Crippen molar-refractivity contribution in [2.24, 2.45) is 0 Å². The van der Waals surface area contributed by atoms with Gasteiger partial charge in [0, 0.05) is 12.1 Å². The van der Waals surface area contributed by atoms with Gasteiger partial charge in [-0.05, 0) is 69.3 Å². The molecule has 22 heavy (non-hydrogen) atoms. The number of nitrogens with zero attached hydrogens (tertiary/aromatic N) is 1. The van der Waals surface area contributed by atoms with Crippen LogP contribution in [0.1, 0.15) is 52.4 Å². The molecule has 0 amide bonds. The molecule has 2 rings (SSSR count).